The first-order valence-corrected chi connectivity index (χ1v) is 5.09. The molecule has 1 fully saturated rings. The van der Waals surface area contributed by atoms with E-state index in [-0.39, 0.29) is 12.0 Å². The van der Waals surface area contributed by atoms with E-state index in [4.69, 9.17) is 0 Å². The lowest BCUT2D eigenvalue weighted by Gasteiger charge is -2.17. The number of amides is 1. The van der Waals surface area contributed by atoms with Gasteiger partial charge in [0.05, 0.1) is 6.10 Å². The molecule has 0 aromatic heterocycles. The summed E-state index contributed by atoms with van der Waals surface area (Å²) in [4.78, 5) is 13.3. The Balaban J connectivity index is 2.31. The van der Waals surface area contributed by atoms with Gasteiger partial charge in [-0.3, -0.25) is 4.79 Å². The predicted octanol–water partition coefficient (Wildman–Crippen LogP) is 1.02. The van der Waals surface area contributed by atoms with E-state index < -0.39 is 0 Å². The minimum atomic E-state index is -0.291. The lowest BCUT2D eigenvalue weighted by Crippen LogP contribution is -2.30. The maximum Gasteiger partial charge on any atom is 0.222 e. The molecule has 0 spiro atoms. The highest BCUT2D eigenvalue weighted by atomic mass is 16.3. The molecule has 1 N–H and O–H groups in total. The fourth-order valence-electron chi connectivity index (χ4n) is 1.54. The molecule has 0 bridgehead atoms. The maximum atomic E-state index is 11.6. The molecule has 76 valence electrons. The highest BCUT2D eigenvalue weighted by Crippen LogP contribution is 2.14. The number of hydrogen-bond acceptors (Lipinski definition) is 2. The Morgan fingerprint density at radius 1 is 1.69 bits per heavy atom. The topological polar surface area (TPSA) is 40.5 Å². The Hall–Kier alpha value is -0.570. The molecule has 13 heavy (non-hydrogen) atoms. The number of likely N-dealkylation sites (tertiary alicyclic amines) is 1. The second kappa shape index (κ2) is 4.61. The van der Waals surface area contributed by atoms with Crippen LogP contribution in [0.4, 0.5) is 0 Å². The van der Waals surface area contributed by atoms with Gasteiger partial charge >= 0.3 is 0 Å². The normalized spacial score (nSPS) is 24.8. The van der Waals surface area contributed by atoms with Gasteiger partial charge in [0.2, 0.25) is 5.91 Å². The molecular formula is C10H19NO2. The van der Waals surface area contributed by atoms with Crippen LogP contribution in [0.5, 0.6) is 0 Å². The maximum absolute atomic E-state index is 11.6. The van der Waals surface area contributed by atoms with Crippen LogP contribution in [0, 0.1) is 5.92 Å². The van der Waals surface area contributed by atoms with Crippen LogP contribution in [0.1, 0.15) is 33.1 Å². The molecule has 1 amide bonds. The molecule has 1 saturated heterocycles. The highest BCUT2D eigenvalue weighted by molar-refractivity contribution is 5.76. The molecule has 3 nitrogen and oxygen atoms in total. The third-order valence-electron chi connectivity index (χ3n) is 2.74. The summed E-state index contributed by atoms with van der Waals surface area (Å²) in [6.07, 6.45) is 2.12. The molecule has 0 aromatic rings. The number of carbonyl (C=O) groups excluding carboxylic acids is 1. The number of rotatable bonds is 3. The molecular weight excluding hydrogens is 166 g/mol. The highest BCUT2D eigenvalue weighted by Gasteiger charge is 2.24. The van der Waals surface area contributed by atoms with E-state index in [1.807, 2.05) is 0 Å². The van der Waals surface area contributed by atoms with E-state index >= 15 is 0 Å². The summed E-state index contributed by atoms with van der Waals surface area (Å²) < 4.78 is 0. The smallest absolute Gasteiger partial charge is 0.222 e. The second-order valence-electron chi connectivity index (χ2n) is 4.00. The molecule has 0 aromatic carbocycles. The van der Waals surface area contributed by atoms with Crippen molar-refractivity contribution in [2.24, 2.45) is 5.92 Å². The van der Waals surface area contributed by atoms with E-state index in [2.05, 4.69) is 13.8 Å². The van der Waals surface area contributed by atoms with Crippen molar-refractivity contribution in [3.8, 4) is 0 Å². The summed E-state index contributed by atoms with van der Waals surface area (Å²) in [5.74, 6) is 0.663. The van der Waals surface area contributed by atoms with E-state index in [1.54, 1.807) is 4.90 Å². The average Bonchev–Trinajstić information content (AvgIpc) is 2.51. The SMILES string of the molecule is CC[C@H](C)CC(=O)N1CC[C@@H](O)C1. The van der Waals surface area contributed by atoms with Gasteiger partial charge in [0.1, 0.15) is 0 Å². The van der Waals surface area contributed by atoms with E-state index in [0.717, 1.165) is 19.4 Å². The first kappa shape index (κ1) is 10.5. The standard InChI is InChI=1S/C10H19NO2/c1-3-8(2)6-10(13)11-5-4-9(12)7-11/h8-9,12H,3-7H2,1-2H3/t8-,9+/m0/s1. The van der Waals surface area contributed by atoms with Crippen LogP contribution in [-0.4, -0.2) is 35.1 Å². The molecule has 1 rings (SSSR count). The van der Waals surface area contributed by atoms with E-state index in [1.165, 1.54) is 0 Å². The monoisotopic (exact) mass is 185 g/mol. The largest absolute Gasteiger partial charge is 0.391 e. The van der Waals surface area contributed by atoms with Gasteiger partial charge in [-0.1, -0.05) is 20.3 Å². The molecule has 3 heteroatoms. The summed E-state index contributed by atoms with van der Waals surface area (Å²) in [7, 11) is 0. The fraction of sp³-hybridized carbons (Fsp3) is 0.900. The van der Waals surface area contributed by atoms with Gasteiger partial charge in [-0.15, -0.1) is 0 Å². The first-order valence-electron chi connectivity index (χ1n) is 5.09. The van der Waals surface area contributed by atoms with Crippen LogP contribution in [0.2, 0.25) is 0 Å². The Bertz CT molecular complexity index is 182. The Morgan fingerprint density at radius 3 is 2.85 bits per heavy atom. The molecule has 0 unspecified atom stereocenters. The molecule has 0 aliphatic carbocycles. The van der Waals surface area contributed by atoms with Crippen LogP contribution in [0.3, 0.4) is 0 Å². The Morgan fingerprint density at radius 2 is 2.38 bits per heavy atom. The van der Waals surface area contributed by atoms with Gasteiger partial charge < -0.3 is 10.0 Å². The zero-order valence-corrected chi connectivity index (χ0v) is 8.49. The second-order valence-corrected chi connectivity index (χ2v) is 4.00. The minimum Gasteiger partial charge on any atom is -0.391 e. The molecule has 0 saturated carbocycles. The fourth-order valence-corrected chi connectivity index (χ4v) is 1.54. The van der Waals surface area contributed by atoms with Crippen molar-refractivity contribution in [1.82, 2.24) is 4.90 Å². The summed E-state index contributed by atoms with van der Waals surface area (Å²) in [5, 5.41) is 9.25. The van der Waals surface area contributed by atoms with Crippen molar-refractivity contribution in [3.05, 3.63) is 0 Å². The summed E-state index contributed by atoms with van der Waals surface area (Å²) in [6, 6.07) is 0. The lowest BCUT2D eigenvalue weighted by atomic mass is 10.0. The van der Waals surface area contributed by atoms with Gasteiger partial charge in [-0.25, -0.2) is 0 Å². The van der Waals surface area contributed by atoms with Gasteiger partial charge in [0.25, 0.3) is 0 Å². The van der Waals surface area contributed by atoms with Crippen molar-refractivity contribution in [2.45, 2.75) is 39.2 Å². The van der Waals surface area contributed by atoms with Crippen LogP contribution in [-0.2, 0) is 4.79 Å². The van der Waals surface area contributed by atoms with Gasteiger partial charge in [0, 0.05) is 19.5 Å². The van der Waals surface area contributed by atoms with Gasteiger partial charge in [-0.05, 0) is 12.3 Å². The number of aliphatic hydroxyl groups excluding tert-OH is 1. The summed E-state index contributed by atoms with van der Waals surface area (Å²) in [6.45, 7) is 5.45. The van der Waals surface area contributed by atoms with Crippen molar-refractivity contribution in [2.75, 3.05) is 13.1 Å². The molecule has 1 aliphatic rings. The zero-order valence-electron chi connectivity index (χ0n) is 8.49. The van der Waals surface area contributed by atoms with Crippen molar-refractivity contribution in [3.63, 3.8) is 0 Å². The van der Waals surface area contributed by atoms with Crippen molar-refractivity contribution < 1.29 is 9.90 Å². The third-order valence-corrected chi connectivity index (χ3v) is 2.74. The van der Waals surface area contributed by atoms with E-state index in [0.29, 0.717) is 18.9 Å². The number of carbonyl (C=O) groups is 1. The molecule has 2 atom stereocenters. The van der Waals surface area contributed by atoms with Gasteiger partial charge in [-0.2, -0.15) is 0 Å². The predicted molar refractivity (Wildman–Crippen MR) is 51.3 cm³/mol. The number of aliphatic hydroxyl groups is 1. The van der Waals surface area contributed by atoms with E-state index in [9.17, 15) is 9.90 Å². The van der Waals surface area contributed by atoms with Crippen LogP contribution in [0.25, 0.3) is 0 Å². The number of nitrogens with zero attached hydrogens (tertiary/aromatic N) is 1. The van der Waals surface area contributed by atoms with Gasteiger partial charge in [0.15, 0.2) is 0 Å². The van der Waals surface area contributed by atoms with Crippen LogP contribution < -0.4 is 0 Å². The molecule has 1 aliphatic heterocycles. The molecule has 0 radical (unpaired) electrons. The van der Waals surface area contributed by atoms with Crippen molar-refractivity contribution >= 4 is 5.91 Å². The Kier molecular flexibility index (Phi) is 3.72. The third kappa shape index (κ3) is 2.99. The summed E-state index contributed by atoms with van der Waals surface area (Å²) >= 11 is 0. The number of hydrogen-bond donors (Lipinski definition) is 1. The Labute approximate surface area is 79.7 Å². The van der Waals surface area contributed by atoms with Crippen LogP contribution >= 0.6 is 0 Å². The lowest BCUT2D eigenvalue weighted by molar-refractivity contribution is -0.131. The quantitative estimate of drug-likeness (QED) is 0.713. The summed E-state index contributed by atoms with van der Waals surface area (Å²) in [5.41, 5.74) is 0. The zero-order chi connectivity index (χ0) is 9.84. The molecule has 1 heterocycles. The minimum absolute atomic E-state index is 0.200. The average molecular weight is 185 g/mol. The first-order chi connectivity index (χ1) is 6.13. The number of β-amino-alcohol motifs (C(OH)–C–C–N with tert-alkyl or cyclic N) is 1. The van der Waals surface area contributed by atoms with Crippen molar-refractivity contribution in [1.29, 1.82) is 0 Å². The van der Waals surface area contributed by atoms with Crippen LogP contribution in [0.15, 0.2) is 0 Å².